The third-order valence-corrected chi connectivity index (χ3v) is 4.66. The van der Waals surface area contributed by atoms with Gasteiger partial charge in [0.1, 0.15) is 11.6 Å². The van der Waals surface area contributed by atoms with Crippen molar-refractivity contribution in [3.63, 3.8) is 0 Å². The third kappa shape index (κ3) is 10.9. The standard InChI is InChI=1S/C8H11FN2O2S.C8H7FN2O2S.C2H6/c2*9-8-2-1-6(4-10)3-7(8)5-14(11,12)13;1-2/h1-3H,4-5,10H2,(H2,11,12,13);1-3H,5H2,(H2,11,12,13);1-2H3. The molecule has 12 heteroatoms. The number of rotatable bonds is 5. The molecule has 2 rings (SSSR count). The van der Waals surface area contributed by atoms with Crippen LogP contribution in [0.15, 0.2) is 36.4 Å². The van der Waals surface area contributed by atoms with Gasteiger partial charge in [-0.1, -0.05) is 26.0 Å². The molecule has 0 aromatic heterocycles. The van der Waals surface area contributed by atoms with Crippen LogP contribution >= 0.6 is 0 Å². The Bertz CT molecular complexity index is 1100. The van der Waals surface area contributed by atoms with E-state index >= 15 is 0 Å². The Labute approximate surface area is 175 Å². The summed E-state index contributed by atoms with van der Waals surface area (Å²) in [7, 11) is -7.48. The second kappa shape index (κ2) is 12.3. The lowest BCUT2D eigenvalue weighted by Crippen LogP contribution is -2.15. The molecule has 0 aliphatic rings. The van der Waals surface area contributed by atoms with Crippen molar-refractivity contribution in [1.82, 2.24) is 0 Å². The Morgan fingerprint density at radius 1 is 0.867 bits per heavy atom. The molecule has 0 aliphatic carbocycles. The molecule has 6 N–H and O–H groups in total. The SMILES string of the molecule is CC.N#Cc1ccc(F)c(CS(N)(=O)=O)c1.NCc1ccc(F)c(CS(N)(=O)=O)c1. The molecule has 0 spiro atoms. The molecule has 0 radical (unpaired) electrons. The zero-order chi connectivity index (χ0) is 23.5. The van der Waals surface area contributed by atoms with Gasteiger partial charge in [-0.3, -0.25) is 0 Å². The van der Waals surface area contributed by atoms with Crippen LogP contribution in [-0.4, -0.2) is 16.8 Å². The van der Waals surface area contributed by atoms with Gasteiger partial charge in [0.25, 0.3) is 0 Å². The van der Waals surface area contributed by atoms with Crippen LogP contribution in [0.25, 0.3) is 0 Å². The van der Waals surface area contributed by atoms with Crippen LogP contribution < -0.4 is 16.0 Å². The second-order valence-electron chi connectivity index (χ2n) is 5.66. The number of sulfonamides is 2. The van der Waals surface area contributed by atoms with Crippen molar-refractivity contribution >= 4 is 20.0 Å². The molecule has 0 saturated heterocycles. The number of primary sulfonamides is 2. The lowest BCUT2D eigenvalue weighted by atomic mass is 10.1. The summed E-state index contributed by atoms with van der Waals surface area (Å²) in [5.41, 5.74) is 6.16. The monoisotopic (exact) mass is 462 g/mol. The molecule has 8 nitrogen and oxygen atoms in total. The van der Waals surface area contributed by atoms with Crippen LogP contribution in [0.4, 0.5) is 8.78 Å². The Morgan fingerprint density at radius 3 is 1.70 bits per heavy atom. The number of hydrogen-bond acceptors (Lipinski definition) is 6. The van der Waals surface area contributed by atoms with E-state index in [-0.39, 0.29) is 23.2 Å². The van der Waals surface area contributed by atoms with E-state index < -0.39 is 43.2 Å². The molecule has 0 bridgehead atoms. The maximum atomic E-state index is 13.1. The van der Waals surface area contributed by atoms with Crippen molar-refractivity contribution in [2.45, 2.75) is 31.9 Å². The number of nitrogens with two attached hydrogens (primary N) is 3. The van der Waals surface area contributed by atoms with Gasteiger partial charge < -0.3 is 5.73 Å². The van der Waals surface area contributed by atoms with Crippen LogP contribution in [0.2, 0.25) is 0 Å². The molecular weight excluding hydrogens is 438 g/mol. The Balaban J connectivity index is 0.000000518. The number of hydrogen-bond donors (Lipinski definition) is 3. The minimum atomic E-state index is -3.77. The highest BCUT2D eigenvalue weighted by Gasteiger charge is 2.11. The van der Waals surface area contributed by atoms with Gasteiger partial charge in [-0.25, -0.2) is 35.9 Å². The van der Waals surface area contributed by atoms with E-state index in [4.69, 9.17) is 21.3 Å². The minimum Gasteiger partial charge on any atom is -0.326 e. The fraction of sp³-hybridized carbons (Fsp3) is 0.278. The highest BCUT2D eigenvalue weighted by atomic mass is 32.2. The zero-order valence-electron chi connectivity index (χ0n) is 16.5. The average molecular weight is 463 g/mol. The number of benzene rings is 2. The first-order chi connectivity index (χ1) is 13.8. The molecule has 0 heterocycles. The quantitative estimate of drug-likeness (QED) is 0.609. The fourth-order valence-corrected chi connectivity index (χ4v) is 3.36. The first kappa shape index (κ1) is 27.6. The predicted molar refractivity (Wildman–Crippen MR) is 110 cm³/mol. The summed E-state index contributed by atoms with van der Waals surface area (Å²) in [6.07, 6.45) is 0. The number of nitriles is 1. The van der Waals surface area contributed by atoms with Crippen molar-refractivity contribution in [3.8, 4) is 6.07 Å². The summed E-state index contributed by atoms with van der Waals surface area (Å²) in [6, 6.07) is 9.34. The summed E-state index contributed by atoms with van der Waals surface area (Å²) >= 11 is 0. The molecule has 0 fully saturated rings. The van der Waals surface area contributed by atoms with Crippen molar-refractivity contribution in [2.75, 3.05) is 0 Å². The predicted octanol–water partition coefficient (Wildman–Crippen LogP) is 1.58. The fourth-order valence-electron chi connectivity index (χ4n) is 2.05. The van der Waals surface area contributed by atoms with Crippen LogP contribution in [0.3, 0.4) is 0 Å². The van der Waals surface area contributed by atoms with Gasteiger partial charge in [-0.2, -0.15) is 5.26 Å². The van der Waals surface area contributed by atoms with Gasteiger partial charge in [-0.05, 0) is 29.8 Å². The van der Waals surface area contributed by atoms with Gasteiger partial charge >= 0.3 is 0 Å². The topological polar surface area (TPSA) is 170 Å². The lowest BCUT2D eigenvalue weighted by Gasteiger charge is -2.03. The average Bonchev–Trinajstić information content (AvgIpc) is 2.65. The van der Waals surface area contributed by atoms with Crippen molar-refractivity contribution < 1.29 is 25.6 Å². The number of nitrogens with zero attached hydrogens (tertiary/aromatic N) is 1. The van der Waals surface area contributed by atoms with Crippen LogP contribution in [0, 0.1) is 23.0 Å². The van der Waals surface area contributed by atoms with Gasteiger partial charge in [0.2, 0.25) is 20.0 Å². The van der Waals surface area contributed by atoms with Crippen molar-refractivity contribution in [2.24, 2.45) is 16.0 Å². The van der Waals surface area contributed by atoms with E-state index in [1.807, 2.05) is 13.8 Å². The normalized spacial score (nSPS) is 10.7. The summed E-state index contributed by atoms with van der Waals surface area (Å²) in [4.78, 5) is 0. The van der Waals surface area contributed by atoms with E-state index in [1.54, 1.807) is 6.07 Å². The lowest BCUT2D eigenvalue weighted by molar-refractivity contribution is 0.587. The zero-order valence-corrected chi connectivity index (χ0v) is 18.1. The molecule has 2 aromatic carbocycles. The Morgan fingerprint density at radius 2 is 1.30 bits per heavy atom. The third-order valence-electron chi connectivity index (χ3n) is 3.23. The molecule has 0 amide bonds. The summed E-state index contributed by atoms with van der Waals surface area (Å²) in [5.74, 6) is -2.38. The number of halogens is 2. The summed E-state index contributed by atoms with van der Waals surface area (Å²) in [5, 5.41) is 18.1. The summed E-state index contributed by atoms with van der Waals surface area (Å²) < 4.78 is 68.9. The van der Waals surface area contributed by atoms with Crippen molar-refractivity contribution in [3.05, 3.63) is 70.3 Å². The first-order valence-electron chi connectivity index (χ1n) is 8.51. The van der Waals surface area contributed by atoms with Crippen LogP contribution in [-0.2, 0) is 38.1 Å². The minimum absolute atomic E-state index is 0.0513. The molecule has 0 aliphatic heterocycles. The van der Waals surface area contributed by atoms with E-state index in [1.165, 1.54) is 30.3 Å². The van der Waals surface area contributed by atoms with Gasteiger partial charge in [0.15, 0.2) is 0 Å². The summed E-state index contributed by atoms with van der Waals surface area (Å²) in [6.45, 7) is 4.23. The maximum absolute atomic E-state index is 13.1. The molecule has 30 heavy (non-hydrogen) atoms. The van der Waals surface area contributed by atoms with E-state index in [0.717, 1.165) is 6.07 Å². The van der Waals surface area contributed by atoms with Crippen LogP contribution in [0.5, 0.6) is 0 Å². The first-order valence-corrected chi connectivity index (χ1v) is 11.9. The van der Waals surface area contributed by atoms with E-state index in [2.05, 4.69) is 0 Å². The smallest absolute Gasteiger partial charge is 0.213 e. The molecule has 2 aromatic rings. The van der Waals surface area contributed by atoms with Crippen molar-refractivity contribution in [1.29, 1.82) is 5.26 Å². The highest BCUT2D eigenvalue weighted by Crippen LogP contribution is 2.13. The molecule has 0 saturated carbocycles. The second-order valence-corrected chi connectivity index (χ2v) is 8.89. The van der Waals surface area contributed by atoms with Gasteiger partial charge in [-0.15, -0.1) is 0 Å². The molecule has 0 unspecified atom stereocenters. The van der Waals surface area contributed by atoms with E-state index in [9.17, 15) is 25.6 Å². The highest BCUT2D eigenvalue weighted by molar-refractivity contribution is 7.88. The molecule has 166 valence electrons. The maximum Gasteiger partial charge on any atom is 0.213 e. The van der Waals surface area contributed by atoms with Crippen LogP contribution in [0.1, 0.15) is 36.1 Å². The van der Waals surface area contributed by atoms with E-state index in [0.29, 0.717) is 5.56 Å². The van der Waals surface area contributed by atoms with Gasteiger partial charge in [0.05, 0.1) is 23.1 Å². The molecular formula is C18H24F2N4O4S2. The Hall–Kier alpha value is -2.43. The molecule has 0 atom stereocenters. The largest absolute Gasteiger partial charge is 0.326 e. The van der Waals surface area contributed by atoms with Gasteiger partial charge in [0, 0.05) is 17.7 Å². The Kier molecular flexibility index (Phi) is 11.3.